The molecule has 0 aromatic heterocycles. The van der Waals surface area contributed by atoms with Crippen LogP contribution < -0.4 is 19.5 Å². The van der Waals surface area contributed by atoms with Gasteiger partial charge in [0.1, 0.15) is 5.75 Å². The van der Waals surface area contributed by atoms with Gasteiger partial charge in [0.25, 0.3) is 5.91 Å². The molecule has 1 heterocycles. The molecule has 2 saturated carbocycles. The number of hydrogen-bond acceptors (Lipinski definition) is 4. The van der Waals surface area contributed by atoms with Crippen molar-refractivity contribution in [2.75, 3.05) is 13.4 Å². The Balaban J connectivity index is 1.27. The van der Waals surface area contributed by atoms with E-state index in [0.717, 1.165) is 11.8 Å². The lowest BCUT2D eigenvalue weighted by Gasteiger charge is -2.28. The third-order valence-electron chi connectivity index (χ3n) is 5.54. The lowest BCUT2D eigenvalue weighted by atomic mass is 9.84. The first-order chi connectivity index (χ1) is 11.2. The second kappa shape index (κ2) is 5.95. The summed E-state index contributed by atoms with van der Waals surface area (Å²) in [5, 5.41) is 3.11. The van der Waals surface area contributed by atoms with E-state index in [1.807, 2.05) is 0 Å². The summed E-state index contributed by atoms with van der Waals surface area (Å²) in [6.07, 6.45) is 5.35. The highest BCUT2D eigenvalue weighted by Gasteiger charge is 2.42. The Morgan fingerprint density at radius 3 is 2.96 bits per heavy atom. The number of rotatable bonds is 5. The number of carbonyl (C=O) groups excluding carboxylic acids is 1. The quantitative estimate of drug-likeness (QED) is 0.907. The maximum atomic E-state index is 12.1. The number of fused-ring (bicyclic) bond motifs is 3. The molecule has 1 aromatic rings. The van der Waals surface area contributed by atoms with E-state index < -0.39 is 0 Å². The maximum Gasteiger partial charge on any atom is 0.258 e. The molecular weight excluding hydrogens is 294 g/mol. The Kier molecular flexibility index (Phi) is 3.79. The van der Waals surface area contributed by atoms with Crippen LogP contribution in [-0.4, -0.2) is 25.3 Å². The lowest BCUT2D eigenvalue weighted by Crippen LogP contribution is -2.42. The number of nitrogens with one attached hydrogen (secondary N) is 1. The van der Waals surface area contributed by atoms with E-state index >= 15 is 0 Å². The third kappa shape index (κ3) is 2.96. The molecule has 23 heavy (non-hydrogen) atoms. The first kappa shape index (κ1) is 14.7. The van der Waals surface area contributed by atoms with Crippen LogP contribution in [-0.2, 0) is 4.79 Å². The number of hydrogen-bond donors (Lipinski definition) is 1. The van der Waals surface area contributed by atoms with Crippen LogP contribution >= 0.6 is 0 Å². The summed E-state index contributed by atoms with van der Waals surface area (Å²) in [5.74, 6) is 4.29. The van der Waals surface area contributed by atoms with Crippen molar-refractivity contribution < 1.29 is 19.0 Å². The van der Waals surface area contributed by atoms with Gasteiger partial charge in [-0.2, -0.15) is 0 Å². The highest BCUT2D eigenvalue weighted by Crippen LogP contribution is 2.49. The number of carbonyl (C=O) groups is 1. The number of ether oxygens (including phenoxy) is 3. The largest absolute Gasteiger partial charge is 0.484 e. The van der Waals surface area contributed by atoms with Crippen molar-refractivity contribution in [3.05, 3.63) is 18.2 Å². The van der Waals surface area contributed by atoms with Crippen LogP contribution in [0.15, 0.2) is 18.2 Å². The molecule has 0 spiro atoms. The van der Waals surface area contributed by atoms with E-state index in [0.29, 0.717) is 23.2 Å². The van der Waals surface area contributed by atoms with Crippen LogP contribution in [0.25, 0.3) is 0 Å². The number of benzene rings is 1. The fourth-order valence-corrected chi connectivity index (χ4v) is 4.42. The van der Waals surface area contributed by atoms with E-state index in [-0.39, 0.29) is 25.3 Å². The lowest BCUT2D eigenvalue weighted by molar-refractivity contribution is -0.124. The molecule has 5 heteroatoms. The first-order valence-electron chi connectivity index (χ1n) is 8.51. The monoisotopic (exact) mass is 317 g/mol. The second-order valence-electron chi connectivity index (χ2n) is 7.00. The van der Waals surface area contributed by atoms with Gasteiger partial charge in [-0.3, -0.25) is 4.79 Å². The molecule has 1 aliphatic heterocycles. The highest BCUT2D eigenvalue weighted by atomic mass is 16.7. The molecular formula is C18H23NO4. The van der Waals surface area contributed by atoms with Crippen molar-refractivity contribution >= 4 is 5.91 Å². The zero-order valence-corrected chi connectivity index (χ0v) is 13.4. The van der Waals surface area contributed by atoms with Gasteiger partial charge in [0.15, 0.2) is 18.1 Å². The molecule has 1 aromatic carbocycles. The summed E-state index contributed by atoms with van der Waals surface area (Å²) in [4.78, 5) is 12.1. The average molecular weight is 317 g/mol. The Morgan fingerprint density at radius 2 is 2.17 bits per heavy atom. The fourth-order valence-electron chi connectivity index (χ4n) is 4.42. The SMILES string of the molecule is CC(NC(=O)COc1ccc2c(c1)OCO2)C1CC2CCC1C2. The average Bonchev–Trinajstić information content (AvgIpc) is 3.28. The Labute approximate surface area is 136 Å². The van der Waals surface area contributed by atoms with Crippen molar-refractivity contribution in [1.82, 2.24) is 5.32 Å². The van der Waals surface area contributed by atoms with Crippen LogP contribution in [0.3, 0.4) is 0 Å². The standard InChI is InChI=1S/C18H23NO4/c1-11(15-7-12-2-3-13(15)6-12)19-18(20)9-21-14-4-5-16-17(8-14)23-10-22-16/h4-5,8,11-13,15H,2-3,6-7,9-10H2,1H3,(H,19,20). The summed E-state index contributed by atoms with van der Waals surface area (Å²) in [7, 11) is 0. The predicted molar refractivity (Wildman–Crippen MR) is 84.6 cm³/mol. The molecule has 1 amide bonds. The molecule has 2 fully saturated rings. The van der Waals surface area contributed by atoms with Gasteiger partial charge in [-0.15, -0.1) is 0 Å². The van der Waals surface area contributed by atoms with Gasteiger partial charge in [0.05, 0.1) is 0 Å². The van der Waals surface area contributed by atoms with Gasteiger partial charge < -0.3 is 19.5 Å². The molecule has 0 radical (unpaired) electrons. The zero-order valence-electron chi connectivity index (χ0n) is 13.4. The molecule has 2 bridgehead atoms. The van der Waals surface area contributed by atoms with Gasteiger partial charge >= 0.3 is 0 Å². The fraction of sp³-hybridized carbons (Fsp3) is 0.611. The van der Waals surface area contributed by atoms with Gasteiger partial charge in [-0.1, -0.05) is 6.42 Å². The zero-order chi connectivity index (χ0) is 15.8. The van der Waals surface area contributed by atoms with Crippen LogP contribution in [0.4, 0.5) is 0 Å². The Bertz CT molecular complexity index is 603. The van der Waals surface area contributed by atoms with Crippen molar-refractivity contribution in [2.45, 2.75) is 38.6 Å². The molecule has 2 aliphatic carbocycles. The number of amides is 1. The highest BCUT2D eigenvalue weighted by molar-refractivity contribution is 5.77. The molecule has 4 atom stereocenters. The van der Waals surface area contributed by atoms with E-state index in [1.165, 1.54) is 25.7 Å². The third-order valence-corrected chi connectivity index (χ3v) is 5.54. The summed E-state index contributed by atoms with van der Waals surface area (Å²) in [5.41, 5.74) is 0. The van der Waals surface area contributed by atoms with E-state index in [4.69, 9.17) is 14.2 Å². The summed E-state index contributed by atoms with van der Waals surface area (Å²) in [6, 6.07) is 5.58. The first-order valence-corrected chi connectivity index (χ1v) is 8.51. The van der Waals surface area contributed by atoms with Crippen LogP contribution in [0.1, 0.15) is 32.6 Å². The molecule has 124 valence electrons. The molecule has 5 nitrogen and oxygen atoms in total. The van der Waals surface area contributed by atoms with E-state index in [9.17, 15) is 4.79 Å². The Morgan fingerprint density at radius 1 is 1.30 bits per heavy atom. The van der Waals surface area contributed by atoms with Crippen LogP contribution in [0, 0.1) is 17.8 Å². The van der Waals surface area contributed by atoms with Crippen molar-refractivity contribution in [2.24, 2.45) is 17.8 Å². The summed E-state index contributed by atoms with van der Waals surface area (Å²) < 4.78 is 16.1. The van der Waals surface area contributed by atoms with Crippen molar-refractivity contribution in [3.63, 3.8) is 0 Å². The minimum absolute atomic E-state index is 0.0325. The Hall–Kier alpha value is -1.91. The molecule has 3 aliphatic rings. The predicted octanol–water partition coefficient (Wildman–Crippen LogP) is 2.74. The minimum Gasteiger partial charge on any atom is -0.484 e. The van der Waals surface area contributed by atoms with E-state index in [1.54, 1.807) is 18.2 Å². The van der Waals surface area contributed by atoms with Gasteiger partial charge in [0, 0.05) is 12.1 Å². The van der Waals surface area contributed by atoms with Crippen molar-refractivity contribution in [3.8, 4) is 17.2 Å². The molecule has 4 rings (SSSR count). The van der Waals surface area contributed by atoms with Crippen LogP contribution in [0.5, 0.6) is 17.2 Å². The molecule has 1 N–H and O–H groups in total. The second-order valence-corrected chi connectivity index (χ2v) is 7.00. The maximum absolute atomic E-state index is 12.1. The van der Waals surface area contributed by atoms with E-state index in [2.05, 4.69) is 12.2 Å². The van der Waals surface area contributed by atoms with Gasteiger partial charge in [-0.05, 0) is 56.1 Å². The van der Waals surface area contributed by atoms with Gasteiger partial charge in [-0.25, -0.2) is 0 Å². The van der Waals surface area contributed by atoms with Crippen molar-refractivity contribution in [1.29, 1.82) is 0 Å². The summed E-state index contributed by atoms with van der Waals surface area (Å²) in [6.45, 7) is 2.40. The molecule has 0 saturated heterocycles. The topological polar surface area (TPSA) is 56.8 Å². The molecule has 4 unspecified atom stereocenters. The minimum atomic E-state index is -0.0575. The smallest absolute Gasteiger partial charge is 0.258 e. The summed E-state index contributed by atoms with van der Waals surface area (Å²) >= 11 is 0. The normalized spacial score (nSPS) is 28.7. The van der Waals surface area contributed by atoms with Gasteiger partial charge in [0.2, 0.25) is 6.79 Å². The van der Waals surface area contributed by atoms with Crippen LogP contribution in [0.2, 0.25) is 0 Å².